The molecule has 5 nitrogen and oxygen atoms in total. The molecule has 3 rings (SSSR count). The summed E-state index contributed by atoms with van der Waals surface area (Å²) < 4.78 is 5.66. The van der Waals surface area contributed by atoms with Gasteiger partial charge in [0.25, 0.3) is 5.91 Å². The Hall–Kier alpha value is -2.11. The summed E-state index contributed by atoms with van der Waals surface area (Å²) in [6.07, 6.45) is 5.71. The first-order valence-electron chi connectivity index (χ1n) is 7.97. The van der Waals surface area contributed by atoms with Crippen LogP contribution in [-0.4, -0.2) is 28.6 Å². The van der Waals surface area contributed by atoms with Crippen molar-refractivity contribution in [2.75, 3.05) is 6.54 Å². The number of amides is 1. The summed E-state index contributed by atoms with van der Waals surface area (Å²) >= 11 is 6.21. The second-order valence-electron chi connectivity index (χ2n) is 5.90. The van der Waals surface area contributed by atoms with Crippen LogP contribution in [0.3, 0.4) is 0 Å². The second kappa shape index (κ2) is 7.64. The lowest BCUT2D eigenvalue weighted by molar-refractivity contribution is 0.0917. The number of aliphatic hydroxyl groups is 1. The lowest BCUT2D eigenvalue weighted by atomic mass is 10.1. The molecule has 24 heavy (non-hydrogen) atoms. The van der Waals surface area contributed by atoms with Crippen molar-refractivity contribution >= 4 is 17.5 Å². The molecule has 1 aromatic carbocycles. The van der Waals surface area contributed by atoms with Gasteiger partial charge in [0.2, 0.25) is 0 Å². The average molecular weight is 347 g/mol. The van der Waals surface area contributed by atoms with Gasteiger partial charge in [-0.2, -0.15) is 0 Å². The number of aromatic nitrogens is 1. The minimum Gasteiger partial charge on any atom is -0.456 e. The van der Waals surface area contributed by atoms with Gasteiger partial charge in [-0.1, -0.05) is 18.0 Å². The maximum absolute atomic E-state index is 12.2. The molecular formula is C18H19ClN2O3. The van der Waals surface area contributed by atoms with Crippen LogP contribution in [0.25, 0.3) is 0 Å². The van der Waals surface area contributed by atoms with Crippen LogP contribution in [-0.2, 0) is 0 Å². The third kappa shape index (κ3) is 4.04. The zero-order chi connectivity index (χ0) is 16.9. The van der Waals surface area contributed by atoms with Gasteiger partial charge in [-0.05, 0) is 43.2 Å². The molecule has 1 saturated carbocycles. The molecule has 2 unspecified atom stereocenters. The highest BCUT2D eigenvalue weighted by molar-refractivity contribution is 6.32. The van der Waals surface area contributed by atoms with Crippen LogP contribution in [0.2, 0.25) is 5.02 Å². The van der Waals surface area contributed by atoms with Crippen LogP contribution in [0.4, 0.5) is 0 Å². The van der Waals surface area contributed by atoms with Crippen LogP contribution in [0.1, 0.15) is 29.6 Å². The quantitative estimate of drug-likeness (QED) is 0.870. The number of pyridine rings is 1. The maximum Gasteiger partial charge on any atom is 0.251 e. The van der Waals surface area contributed by atoms with Gasteiger partial charge in [0.15, 0.2) is 0 Å². The molecule has 2 atom stereocenters. The van der Waals surface area contributed by atoms with E-state index in [0.717, 1.165) is 19.3 Å². The Morgan fingerprint density at radius 3 is 2.75 bits per heavy atom. The summed E-state index contributed by atoms with van der Waals surface area (Å²) in [5, 5.41) is 13.0. The van der Waals surface area contributed by atoms with Crippen molar-refractivity contribution in [3.05, 3.63) is 53.3 Å². The maximum atomic E-state index is 12.2. The highest BCUT2D eigenvalue weighted by Crippen LogP contribution is 2.30. The number of aliphatic hydroxyl groups excluding tert-OH is 1. The Morgan fingerprint density at radius 2 is 2.08 bits per heavy atom. The number of carbonyl (C=O) groups is 1. The van der Waals surface area contributed by atoms with Crippen LogP contribution >= 0.6 is 11.6 Å². The number of rotatable bonds is 5. The predicted octanol–water partition coefficient (Wildman–Crippen LogP) is 3.42. The van der Waals surface area contributed by atoms with Gasteiger partial charge in [-0.25, -0.2) is 0 Å². The van der Waals surface area contributed by atoms with Gasteiger partial charge >= 0.3 is 0 Å². The molecule has 2 aromatic rings. The smallest absolute Gasteiger partial charge is 0.251 e. The Balaban J connectivity index is 1.62. The summed E-state index contributed by atoms with van der Waals surface area (Å²) in [5.41, 5.74) is 0.467. The van der Waals surface area contributed by atoms with E-state index in [1.807, 2.05) is 0 Å². The van der Waals surface area contributed by atoms with Crippen molar-refractivity contribution in [3.63, 3.8) is 0 Å². The van der Waals surface area contributed by atoms with Crippen LogP contribution in [0.15, 0.2) is 42.7 Å². The molecule has 1 amide bonds. The van der Waals surface area contributed by atoms with E-state index in [1.165, 1.54) is 0 Å². The normalized spacial score (nSPS) is 19.9. The third-order valence-corrected chi connectivity index (χ3v) is 4.51. The fraction of sp³-hybridized carbons (Fsp3) is 0.333. The molecule has 0 saturated heterocycles. The predicted molar refractivity (Wildman–Crippen MR) is 91.4 cm³/mol. The van der Waals surface area contributed by atoms with Crippen molar-refractivity contribution in [3.8, 4) is 11.5 Å². The highest BCUT2D eigenvalue weighted by Gasteiger charge is 2.25. The molecule has 6 heteroatoms. The summed E-state index contributed by atoms with van der Waals surface area (Å²) in [4.78, 5) is 16.2. The van der Waals surface area contributed by atoms with Crippen molar-refractivity contribution in [1.29, 1.82) is 0 Å². The van der Waals surface area contributed by atoms with Crippen LogP contribution in [0.5, 0.6) is 11.5 Å². The Bertz CT molecular complexity index is 709. The van der Waals surface area contributed by atoms with E-state index in [-0.39, 0.29) is 17.9 Å². The van der Waals surface area contributed by atoms with Crippen molar-refractivity contribution in [2.45, 2.75) is 25.4 Å². The molecule has 1 aliphatic carbocycles. The number of hydrogen-bond acceptors (Lipinski definition) is 4. The highest BCUT2D eigenvalue weighted by atomic mass is 35.5. The van der Waals surface area contributed by atoms with Crippen LogP contribution in [0, 0.1) is 5.92 Å². The van der Waals surface area contributed by atoms with Crippen molar-refractivity contribution in [2.24, 2.45) is 5.92 Å². The topological polar surface area (TPSA) is 71.5 Å². The number of nitrogens with one attached hydrogen (secondary N) is 1. The van der Waals surface area contributed by atoms with Gasteiger partial charge in [0.05, 0.1) is 11.1 Å². The summed E-state index contributed by atoms with van der Waals surface area (Å²) in [7, 11) is 0. The van der Waals surface area contributed by atoms with E-state index in [4.69, 9.17) is 16.3 Å². The molecule has 1 fully saturated rings. The Kier molecular flexibility index (Phi) is 5.33. The number of halogens is 1. The number of benzene rings is 1. The molecule has 2 N–H and O–H groups in total. The monoisotopic (exact) mass is 346 g/mol. The zero-order valence-corrected chi connectivity index (χ0v) is 13.9. The summed E-state index contributed by atoms with van der Waals surface area (Å²) in [5.74, 6) is 1.04. The number of ether oxygens (including phenoxy) is 1. The first-order valence-corrected chi connectivity index (χ1v) is 8.35. The SMILES string of the molecule is O=C(NCC1CCCC1O)c1ccc(Oc2ccncc2)c(Cl)c1. The number of carbonyl (C=O) groups excluding carboxylic acids is 1. The second-order valence-corrected chi connectivity index (χ2v) is 6.31. The molecule has 1 aliphatic rings. The minimum atomic E-state index is -0.315. The summed E-state index contributed by atoms with van der Waals surface area (Å²) in [6, 6.07) is 8.37. The Labute approximate surface area is 145 Å². The molecule has 1 aromatic heterocycles. The molecule has 0 bridgehead atoms. The van der Waals surface area contributed by atoms with E-state index in [9.17, 15) is 9.90 Å². The molecule has 0 radical (unpaired) electrons. The van der Waals surface area contributed by atoms with E-state index < -0.39 is 0 Å². The van der Waals surface area contributed by atoms with Gasteiger partial charge in [-0.15, -0.1) is 0 Å². The first kappa shape index (κ1) is 16.7. The van der Waals surface area contributed by atoms with Gasteiger partial charge in [-0.3, -0.25) is 9.78 Å². The molecule has 126 valence electrons. The largest absolute Gasteiger partial charge is 0.456 e. The lowest BCUT2D eigenvalue weighted by Gasteiger charge is -2.15. The number of nitrogens with zero attached hydrogens (tertiary/aromatic N) is 1. The molecule has 1 heterocycles. The van der Waals surface area contributed by atoms with Crippen molar-refractivity contribution in [1.82, 2.24) is 10.3 Å². The third-order valence-electron chi connectivity index (χ3n) is 4.22. The van der Waals surface area contributed by atoms with Gasteiger partial charge in [0.1, 0.15) is 11.5 Å². The van der Waals surface area contributed by atoms with Crippen molar-refractivity contribution < 1.29 is 14.6 Å². The van der Waals surface area contributed by atoms with Gasteiger partial charge < -0.3 is 15.2 Å². The molecule has 0 spiro atoms. The standard InChI is InChI=1S/C18H19ClN2O3/c19-15-10-12(18(23)21-11-13-2-1-3-16(13)22)4-5-17(15)24-14-6-8-20-9-7-14/h4-10,13,16,22H,1-3,11H2,(H,21,23). The average Bonchev–Trinajstić information content (AvgIpc) is 3.00. The zero-order valence-electron chi connectivity index (χ0n) is 13.1. The molecular weight excluding hydrogens is 328 g/mol. The van der Waals surface area contributed by atoms with E-state index in [1.54, 1.807) is 42.7 Å². The first-order chi connectivity index (χ1) is 11.6. The van der Waals surface area contributed by atoms with E-state index >= 15 is 0 Å². The molecule has 0 aliphatic heterocycles. The number of hydrogen-bond donors (Lipinski definition) is 2. The van der Waals surface area contributed by atoms with Crippen LogP contribution < -0.4 is 10.1 Å². The van der Waals surface area contributed by atoms with E-state index in [2.05, 4.69) is 10.3 Å². The Morgan fingerprint density at radius 1 is 1.29 bits per heavy atom. The minimum absolute atomic E-state index is 0.138. The fourth-order valence-electron chi connectivity index (χ4n) is 2.84. The summed E-state index contributed by atoms with van der Waals surface area (Å²) in [6.45, 7) is 0.479. The van der Waals surface area contributed by atoms with E-state index in [0.29, 0.717) is 28.6 Å². The lowest BCUT2D eigenvalue weighted by Crippen LogP contribution is -2.32. The fourth-order valence-corrected chi connectivity index (χ4v) is 3.06. The van der Waals surface area contributed by atoms with Gasteiger partial charge in [0, 0.05) is 30.4 Å².